The Kier molecular flexibility index (Phi) is 4.87. The molecule has 5 heteroatoms. The normalized spacial score (nSPS) is 20.3. The van der Waals surface area contributed by atoms with Crippen molar-refractivity contribution in [1.82, 2.24) is 9.88 Å². The minimum Gasteiger partial charge on any atom is -0.311 e. The summed E-state index contributed by atoms with van der Waals surface area (Å²) in [6.45, 7) is 3.28. The van der Waals surface area contributed by atoms with E-state index in [1.54, 1.807) is 0 Å². The summed E-state index contributed by atoms with van der Waals surface area (Å²) in [6, 6.07) is 16.7. The number of fused-ring (bicyclic) bond motifs is 2. The third-order valence-electron chi connectivity index (χ3n) is 5.94. The number of likely N-dealkylation sites (tertiary alicyclic amines) is 1. The summed E-state index contributed by atoms with van der Waals surface area (Å²) in [6.07, 6.45) is 4.42. The number of nitrogens with zero attached hydrogens (tertiary/aromatic N) is 3. The second kappa shape index (κ2) is 7.64. The SMILES string of the molecule is O=C(CN1CCC[C@H](c2nc3ccccc3s2)C1)N1CCCc2ccccc21. The molecular weight excluding hydrogens is 366 g/mol. The Morgan fingerprint density at radius 2 is 1.93 bits per heavy atom. The van der Waals surface area contributed by atoms with Crippen molar-refractivity contribution in [2.75, 3.05) is 31.1 Å². The van der Waals surface area contributed by atoms with Gasteiger partial charge in [-0.25, -0.2) is 4.98 Å². The van der Waals surface area contributed by atoms with Crippen molar-refractivity contribution in [3.05, 3.63) is 59.1 Å². The molecule has 2 aliphatic heterocycles. The molecule has 0 N–H and O–H groups in total. The highest BCUT2D eigenvalue weighted by Crippen LogP contribution is 2.33. The van der Waals surface area contributed by atoms with Gasteiger partial charge in [0.25, 0.3) is 0 Å². The van der Waals surface area contributed by atoms with Crippen molar-refractivity contribution < 1.29 is 4.79 Å². The van der Waals surface area contributed by atoms with Crippen molar-refractivity contribution in [3.8, 4) is 0 Å². The van der Waals surface area contributed by atoms with E-state index in [9.17, 15) is 4.79 Å². The van der Waals surface area contributed by atoms with Crippen LogP contribution >= 0.6 is 11.3 Å². The second-order valence-electron chi connectivity index (χ2n) is 7.87. The van der Waals surface area contributed by atoms with E-state index in [2.05, 4.69) is 41.3 Å². The predicted octanol–water partition coefficient (Wildman–Crippen LogP) is 4.46. The summed E-state index contributed by atoms with van der Waals surface area (Å²) in [7, 11) is 0. The van der Waals surface area contributed by atoms with Crippen LogP contribution < -0.4 is 4.90 Å². The summed E-state index contributed by atoms with van der Waals surface area (Å²) in [4.78, 5) is 22.3. The largest absolute Gasteiger partial charge is 0.311 e. The molecule has 1 amide bonds. The van der Waals surface area contributed by atoms with Crippen molar-refractivity contribution in [3.63, 3.8) is 0 Å². The first-order chi connectivity index (χ1) is 13.8. The van der Waals surface area contributed by atoms with Crippen LogP contribution in [0, 0.1) is 0 Å². The summed E-state index contributed by atoms with van der Waals surface area (Å²) in [5.41, 5.74) is 3.51. The molecule has 1 atom stereocenters. The minimum absolute atomic E-state index is 0.233. The first-order valence-corrected chi connectivity index (χ1v) is 11.1. The van der Waals surface area contributed by atoms with Gasteiger partial charge in [-0.15, -0.1) is 11.3 Å². The van der Waals surface area contributed by atoms with Gasteiger partial charge in [0.1, 0.15) is 0 Å². The maximum absolute atomic E-state index is 13.1. The van der Waals surface area contributed by atoms with Gasteiger partial charge in [0.05, 0.1) is 21.8 Å². The summed E-state index contributed by atoms with van der Waals surface area (Å²) in [5, 5.41) is 1.22. The number of amides is 1. The summed E-state index contributed by atoms with van der Waals surface area (Å²) < 4.78 is 1.26. The highest BCUT2D eigenvalue weighted by Gasteiger charge is 2.28. The number of rotatable bonds is 3. The molecule has 2 aliphatic rings. The molecule has 1 aromatic heterocycles. The van der Waals surface area contributed by atoms with Crippen LogP contribution in [0.5, 0.6) is 0 Å². The second-order valence-corrected chi connectivity index (χ2v) is 8.93. The number of para-hydroxylation sites is 2. The molecule has 5 rings (SSSR count). The van der Waals surface area contributed by atoms with Gasteiger partial charge in [0.2, 0.25) is 5.91 Å². The van der Waals surface area contributed by atoms with Crippen LogP contribution in [0.2, 0.25) is 0 Å². The lowest BCUT2D eigenvalue weighted by atomic mass is 9.98. The number of carbonyl (C=O) groups is 1. The number of thiazole rings is 1. The maximum atomic E-state index is 13.1. The van der Waals surface area contributed by atoms with E-state index < -0.39 is 0 Å². The Morgan fingerprint density at radius 1 is 1.07 bits per heavy atom. The topological polar surface area (TPSA) is 36.4 Å². The van der Waals surface area contributed by atoms with Crippen LogP contribution in [-0.4, -0.2) is 42.0 Å². The molecule has 3 heterocycles. The fraction of sp³-hybridized carbons (Fsp3) is 0.391. The van der Waals surface area contributed by atoms with Crippen molar-refractivity contribution in [2.45, 2.75) is 31.6 Å². The van der Waals surface area contributed by atoms with Crippen LogP contribution in [0.4, 0.5) is 5.69 Å². The van der Waals surface area contributed by atoms with Gasteiger partial charge >= 0.3 is 0 Å². The Balaban J connectivity index is 1.29. The van der Waals surface area contributed by atoms with Crippen LogP contribution in [0.15, 0.2) is 48.5 Å². The fourth-order valence-electron chi connectivity index (χ4n) is 4.53. The van der Waals surface area contributed by atoms with Gasteiger partial charge < -0.3 is 4.90 Å². The number of hydrogen-bond donors (Lipinski definition) is 0. The fourth-order valence-corrected chi connectivity index (χ4v) is 5.63. The Morgan fingerprint density at radius 3 is 2.86 bits per heavy atom. The number of aromatic nitrogens is 1. The lowest BCUT2D eigenvalue weighted by Crippen LogP contribution is -2.45. The molecule has 28 heavy (non-hydrogen) atoms. The molecule has 1 fully saturated rings. The first-order valence-electron chi connectivity index (χ1n) is 10.2. The molecule has 144 valence electrons. The predicted molar refractivity (Wildman–Crippen MR) is 115 cm³/mol. The van der Waals surface area contributed by atoms with Gasteiger partial charge in [-0.05, 0) is 56.0 Å². The van der Waals surface area contributed by atoms with Gasteiger partial charge in [-0.2, -0.15) is 0 Å². The molecule has 0 aliphatic carbocycles. The van der Waals surface area contributed by atoms with Crippen LogP contribution in [0.25, 0.3) is 10.2 Å². The van der Waals surface area contributed by atoms with E-state index in [1.807, 2.05) is 28.4 Å². The number of piperidine rings is 1. The monoisotopic (exact) mass is 391 g/mol. The number of hydrogen-bond acceptors (Lipinski definition) is 4. The van der Waals surface area contributed by atoms with Gasteiger partial charge in [0, 0.05) is 24.7 Å². The van der Waals surface area contributed by atoms with E-state index in [0.29, 0.717) is 12.5 Å². The highest BCUT2D eigenvalue weighted by atomic mass is 32.1. The third-order valence-corrected chi connectivity index (χ3v) is 7.13. The van der Waals surface area contributed by atoms with Crippen LogP contribution in [0.1, 0.15) is 35.8 Å². The number of carbonyl (C=O) groups excluding carboxylic acids is 1. The highest BCUT2D eigenvalue weighted by molar-refractivity contribution is 7.18. The zero-order chi connectivity index (χ0) is 18.9. The minimum atomic E-state index is 0.233. The maximum Gasteiger partial charge on any atom is 0.241 e. The zero-order valence-electron chi connectivity index (χ0n) is 16.0. The van der Waals surface area contributed by atoms with Crippen molar-refractivity contribution in [2.24, 2.45) is 0 Å². The van der Waals surface area contributed by atoms with Crippen molar-refractivity contribution in [1.29, 1.82) is 0 Å². The smallest absolute Gasteiger partial charge is 0.241 e. The molecule has 0 spiro atoms. The Bertz CT molecular complexity index is 965. The van der Waals surface area contributed by atoms with Gasteiger partial charge in [-0.1, -0.05) is 30.3 Å². The Hall–Kier alpha value is -2.24. The van der Waals surface area contributed by atoms with E-state index in [1.165, 1.54) is 15.3 Å². The van der Waals surface area contributed by atoms with Crippen molar-refractivity contribution >= 4 is 33.1 Å². The van der Waals surface area contributed by atoms with E-state index in [0.717, 1.165) is 56.5 Å². The molecule has 4 nitrogen and oxygen atoms in total. The average molecular weight is 392 g/mol. The van der Waals surface area contributed by atoms with Crippen LogP contribution in [0.3, 0.4) is 0 Å². The number of aryl methyl sites for hydroxylation is 1. The van der Waals surface area contributed by atoms with E-state index >= 15 is 0 Å². The lowest BCUT2D eigenvalue weighted by Gasteiger charge is -2.35. The summed E-state index contributed by atoms with van der Waals surface area (Å²) in [5.74, 6) is 0.671. The molecular formula is C23H25N3OS. The number of anilines is 1. The van der Waals surface area contributed by atoms with E-state index in [-0.39, 0.29) is 5.91 Å². The summed E-state index contributed by atoms with van der Waals surface area (Å²) >= 11 is 1.81. The molecule has 0 radical (unpaired) electrons. The quantitative estimate of drug-likeness (QED) is 0.662. The zero-order valence-corrected chi connectivity index (χ0v) is 16.8. The molecule has 2 aromatic carbocycles. The molecule has 0 bridgehead atoms. The molecule has 1 saturated heterocycles. The molecule has 0 unspecified atom stereocenters. The number of benzene rings is 2. The average Bonchev–Trinajstić information content (AvgIpc) is 3.18. The first kappa shape index (κ1) is 17.8. The molecule has 0 saturated carbocycles. The van der Waals surface area contributed by atoms with Crippen LogP contribution in [-0.2, 0) is 11.2 Å². The standard InChI is InChI=1S/C23H25N3OS/c27-22(26-14-6-8-17-7-1-3-11-20(17)26)16-25-13-5-9-18(15-25)23-24-19-10-2-4-12-21(19)28-23/h1-4,7,10-12,18H,5-6,8-9,13-16H2/t18-/m0/s1. The molecule has 3 aromatic rings. The van der Waals surface area contributed by atoms with Gasteiger partial charge in [-0.3, -0.25) is 9.69 Å². The van der Waals surface area contributed by atoms with Gasteiger partial charge in [0.15, 0.2) is 0 Å². The Labute approximate surface area is 169 Å². The lowest BCUT2D eigenvalue weighted by molar-refractivity contribution is -0.120. The van der Waals surface area contributed by atoms with E-state index in [4.69, 9.17) is 4.98 Å². The third kappa shape index (κ3) is 3.45.